The average Bonchev–Trinajstić information content (AvgIpc) is 2.20. The molecule has 1 aliphatic heterocycles. The van der Waals surface area contributed by atoms with E-state index in [0.29, 0.717) is 19.6 Å². The van der Waals surface area contributed by atoms with E-state index < -0.39 is 11.4 Å². The van der Waals surface area contributed by atoms with E-state index in [4.69, 9.17) is 0 Å². The normalized spacial score (nSPS) is 16.7. The van der Waals surface area contributed by atoms with Crippen LogP contribution in [0.4, 0.5) is 0 Å². The zero-order chi connectivity index (χ0) is 10.8. The summed E-state index contributed by atoms with van der Waals surface area (Å²) in [7, 11) is 1.40. The minimum Gasteiger partial charge on any atom is -0.469 e. The zero-order valence-corrected chi connectivity index (χ0v) is 9.30. The van der Waals surface area contributed by atoms with Crippen LogP contribution < -0.4 is 0 Å². The third kappa shape index (κ3) is 8.15. The highest BCUT2D eigenvalue weighted by molar-refractivity contribution is 7.75. The third-order valence-electron chi connectivity index (χ3n) is 1.33. The quantitative estimate of drug-likeness (QED) is 0.654. The largest absolute Gasteiger partial charge is 0.469 e. The standard InChI is InChI=1S/C5H10O2.C3H6O3S/c1-3-4-5(6)7-2;4-7-5-2-1-3-6-7/h3-4H2,1-2H3;1-3H2. The van der Waals surface area contributed by atoms with Crippen LogP contribution in [-0.4, -0.2) is 30.5 Å². The van der Waals surface area contributed by atoms with Crippen LogP contribution in [0, 0.1) is 0 Å². The molecule has 1 heterocycles. The summed E-state index contributed by atoms with van der Waals surface area (Å²) in [4.78, 5) is 10.2. The van der Waals surface area contributed by atoms with Gasteiger partial charge in [-0.2, -0.15) is 4.21 Å². The van der Waals surface area contributed by atoms with Crippen molar-refractivity contribution in [2.24, 2.45) is 0 Å². The SMILES string of the molecule is CCCC(=O)OC.O=S1OCCCO1. The lowest BCUT2D eigenvalue weighted by Gasteiger charge is -2.07. The Kier molecular flexibility index (Phi) is 8.81. The number of esters is 1. The minimum absolute atomic E-state index is 0.123. The van der Waals surface area contributed by atoms with Gasteiger partial charge in [0.15, 0.2) is 0 Å². The van der Waals surface area contributed by atoms with Gasteiger partial charge in [0.2, 0.25) is 0 Å². The lowest BCUT2D eigenvalue weighted by molar-refractivity contribution is -0.140. The van der Waals surface area contributed by atoms with Crippen molar-refractivity contribution in [3.05, 3.63) is 0 Å². The fourth-order valence-corrected chi connectivity index (χ4v) is 1.23. The third-order valence-corrected chi connectivity index (χ3v) is 2.05. The summed E-state index contributed by atoms with van der Waals surface area (Å²) in [5.74, 6) is -0.123. The predicted octanol–water partition coefficient (Wildman–Crippen LogP) is 0.962. The van der Waals surface area contributed by atoms with Crippen LogP contribution in [0.2, 0.25) is 0 Å². The summed E-state index contributed by atoms with van der Waals surface area (Å²) in [6.45, 7) is 3.07. The summed E-state index contributed by atoms with van der Waals surface area (Å²) in [6.07, 6.45) is 2.26. The zero-order valence-electron chi connectivity index (χ0n) is 8.49. The van der Waals surface area contributed by atoms with E-state index in [1.807, 2.05) is 6.92 Å². The first-order valence-corrected chi connectivity index (χ1v) is 5.45. The number of carbonyl (C=O) groups excluding carboxylic acids is 1. The first-order chi connectivity index (χ1) is 6.70. The molecule has 84 valence electrons. The molecule has 0 amide bonds. The molecule has 0 unspecified atom stereocenters. The van der Waals surface area contributed by atoms with Gasteiger partial charge in [-0.15, -0.1) is 0 Å². The van der Waals surface area contributed by atoms with Crippen molar-refractivity contribution in [1.82, 2.24) is 0 Å². The van der Waals surface area contributed by atoms with E-state index in [2.05, 4.69) is 13.1 Å². The Morgan fingerprint density at radius 2 is 2.00 bits per heavy atom. The van der Waals surface area contributed by atoms with Crippen LogP contribution in [0.15, 0.2) is 0 Å². The molecule has 1 rings (SSSR count). The van der Waals surface area contributed by atoms with Gasteiger partial charge >= 0.3 is 17.3 Å². The van der Waals surface area contributed by atoms with E-state index in [-0.39, 0.29) is 5.97 Å². The highest BCUT2D eigenvalue weighted by Gasteiger charge is 2.05. The van der Waals surface area contributed by atoms with E-state index in [1.165, 1.54) is 7.11 Å². The average molecular weight is 224 g/mol. The minimum atomic E-state index is -1.44. The number of carbonyl (C=O) groups is 1. The Hall–Kier alpha value is -0.460. The first-order valence-electron chi connectivity index (χ1n) is 4.45. The second-order valence-electron chi connectivity index (χ2n) is 2.53. The van der Waals surface area contributed by atoms with Gasteiger partial charge in [-0.05, 0) is 12.8 Å². The Labute approximate surface area is 86.6 Å². The highest BCUT2D eigenvalue weighted by atomic mass is 32.2. The molecule has 0 aliphatic carbocycles. The molecule has 1 fully saturated rings. The van der Waals surface area contributed by atoms with E-state index >= 15 is 0 Å². The van der Waals surface area contributed by atoms with Gasteiger partial charge in [-0.1, -0.05) is 6.92 Å². The maximum absolute atomic E-state index is 10.2. The summed E-state index contributed by atoms with van der Waals surface area (Å²) in [5, 5.41) is 0. The highest BCUT2D eigenvalue weighted by Crippen LogP contribution is 1.98. The molecule has 0 saturated carbocycles. The lowest BCUT2D eigenvalue weighted by Crippen LogP contribution is -2.12. The van der Waals surface area contributed by atoms with Crippen LogP contribution in [0.1, 0.15) is 26.2 Å². The molecule has 0 aromatic rings. The Morgan fingerprint density at radius 1 is 1.43 bits per heavy atom. The van der Waals surface area contributed by atoms with Crippen molar-refractivity contribution in [3.63, 3.8) is 0 Å². The topological polar surface area (TPSA) is 61.8 Å². The maximum atomic E-state index is 10.2. The van der Waals surface area contributed by atoms with Crippen molar-refractivity contribution in [2.75, 3.05) is 20.3 Å². The molecule has 0 bridgehead atoms. The Morgan fingerprint density at radius 3 is 2.21 bits per heavy atom. The second kappa shape index (κ2) is 9.11. The number of rotatable bonds is 2. The van der Waals surface area contributed by atoms with Crippen molar-refractivity contribution in [2.45, 2.75) is 26.2 Å². The molecule has 1 aliphatic rings. The van der Waals surface area contributed by atoms with Gasteiger partial charge in [0.05, 0.1) is 20.3 Å². The smallest absolute Gasteiger partial charge is 0.305 e. The molecular weight excluding hydrogens is 208 g/mol. The fourth-order valence-electron chi connectivity index (χ4n) is 0.653. The fraction of sp³-hybridized carbons (Fsp3) is 0.875. The van der Waals surface area contributed by atoms with Crippen molar-refractivity contribution >= 4 is 17.3 Å². The number of hydrogen-bond donors (Lipinski definition) is 0. The van der Waals surface area contributed by atoms with Crippen LogP contribution in [0.5, 0.6) is 0 Å². The molecule has 0 N–H and O–H groups in total. The molecular formula is C8H16O5S. The second-order valence-corrected chi connectivity index (χ2v) is 3.41. The maximum Gasteiger partial charge on any atom is 0.305 e. The summed E-state index contributed by atoms with van der Waals surface area (Å²) >= 11 is -1.44. The van der Waals surface area contributed by atoms with Gasteiger partial charge in [-0.3, -0.25) is 13.2 Å². The molecule has 0 radical (unpaired) electrons. The van der Waals surface area contributed by atoms with E-state index in [1.54, 1.807) is 0 Å². The molecule has 0 spiro atoms. The molecule has 1 saturated heterocycles. The number of ether oxygens (including phenoxy) is 1. The first kappa shape index (κ1) is 13.5. The van der Waals surface area contributed by atoms with Gasteiger partial charge in [0, 0.05) is 6.42 Å². The predicted molar refractivity (Wildman–Crippen MR) is 51.6 cm³/mol. The van der Waals surface area contributed by atoms with Gasteiger partial charge in [0.25, 0.3) is 0 Å². The molecule has 14 heavy (non-hydrogen) atoms. The summed E-state index contributed by atoms with van der Waals surface area (Å²) in [6, 6.07) is 0. The summed E-state index contributed by atoms with van der Waals surface area (Å²) < 4.78 is 23.5. The molecule has 5 nitrogen and oxygen atoms in total. The summed E-state index contributed by atoms with van der Waals surface area (Å²) in [5.41, 5.74) is 0. The van der Waals surface area contributed by atoms with Crippen molar-refractivity contribution in [1.29, 1.82) is 0 Å². The van der Waals surface area contributed by atoms with Crippen LogP contribution >= 0.6 is 0 Å². The van der Waals surface area contributed by atoms with E-state index in [9.17, 15) is 9.00 Å². The molecule has 0 atom stereocenters. The van der Waals surface area contributed by atoms with Crippen molar-refractivity contribution in [3.8, 4) is 0 Å². The van der Waals surface area contributed by atoms with Crippen LogP contribution in [-0.2, 0) is 29.3 Å². The van der Waals surface area contributed by atoms with E-state index in [0.717, 1.165) is 12.8 Å². The van der Waals surface area contributed by atoms with Crippen LogP contribution in [0.25, 0.3) is 0 Å². The lowest BCUT2D eigenvalue weighted by atomic mass is 10.3. The van der Waals surface area contributed by atoms with Gasteiger partial charge in [0.1, 0.15) is 0 Å². The molecule has 0 aromatic carbocycles. The molecule has 6 heteroatoms. The number of methoxy groups -OCH3 is 1. The van der Waals surface area contributed by atoms with Crippen LogP contribution in [0.3, 0.4) is 0 Å². The number of hydrogen-bond acceptors (Lipinski definition) is 5. The Bertz CT molecular complexity index is 167. The monoisotopic (exact) mass is 224 g/mol. The van der Waals surface area contributed by atoms with Crippen molar-refractivity contribution < 1.29 is 22.1 Å². The van der Waals surface area contributed by atoms with Gasteiger partial charge in [-0.25, -0.2) is 0 Å². The molecule has 0 aromatic heterocycles. The van der Waals surface area contributed by atoms with Gasteiger partial charge < -0.3 is 4.74 Å². The Balaban J connectivity index is 0.000000241.